The lowest BCUT2D eigenvalue weighted by molar-refractivity contribution is -0.171. The third-order valence-electron chi connectivity index (χ3n) is 4.17. The third kappa shape index (κ3) is 3.58. The van der Waals surface area contributed by atoms with Gasteiger partial charge in [-0.15, -0.1) is 0 Å². The molecule has 0 aromatic carbocycles. The first-order valence-electron chi connectivity index (χ1n) is 7.27. The summed E-state index contributed by atoms with van der Waals surface area (Å²) >= 11 is 0. The number of morpholine rings is 1. The lowest BCUT2D eigenvalue weighted by Gasteiger charge is -2.43. The fourth-order valence-corrected chi connectivity index (χ4v) is 3.65. The molecule has 126 valence electrons. The zero-order valence-electron chi connectivity index (χ0n) is 13.2. The number of carbonyl (C=O) groups excluding carboxylic acids is 2. The summed E-state index contributed by atoms with van der Waals surface area (Å²) in [4.78, 5) is 27.4. The van der Waals surface area contributed by atoms with Gasteiger partial charge in [0.1, 0.15) is 0 Å². The molecule has 2 rings (SSSR count). The molecule has 0 aliphatic carbocycles. The fourth-order valence-electron chi connectivity index (χ4n) is 2.83. The van der Waals surface area contributed by atoms with Crippen LogP contribution in [0.5, 0.6) is 0 Å². The number of sulfonamides is 1. The van der Waals surface area contributed by atoms with Crippen LogP contribution < -0.4 is 0 Å². The minimum Gasteiger partial charge on any atom is -0.362 e. The summed E-state index contributed by atoms with van der Waals surface area (Å²) in [6.07, 6.45) is 1.17. The Bertz CT molecular complexity index is 556. The van der Waals surface area contributed by atoms with Crippen molar-refractivity contribution in [1.29, 1.82) is 0 Å². The average Bonchev–Trinajstić information content (AvgIpc) is 2.45. The van der Waals surface area contributed by atoms with Crippen molar-refractivity contribution >= 4 is 21.8 Å². The van der Waals surface area contributed by atoms with Gasteiger partial charge in [-0.25, -0.2) is 8.42 Å². The summed E-state index contributed by atoms with van der Waals surface area (Å²) in [5.41, 5.74) is -1.06. The Morgan fingerprint density at radius 2 is 1.64 bits per heavy atom. The van der Waals surface area contributed by atoms with Gasteiger partial charge >= 0.3 is 0 Å². The molecular formula is C13H23N3O5S. The minimum atomic E-state index is -3.22. The van der Waals surface area contributed by atoms with Crippen molar-refractivity contribution in [1.82, 2.24) is 14.1 Å². The zero-order chi connectivity index (χ0) is 16.5. The number of hydrogen-bond donors (Lipinski definition) is 0. The number of hydrogen-bond acceptors (Lipinski definition) is 5. The molecule has 2 fully saturated rings. The maximum absolute atomic E-state index is 12.7. The van der Waals surface area contributed by atoms with E-state index in [1.807, 2.05) is 0 Å². The fraction of sp³-hybridized carbons (Fsp3) is 0.846. The maximum atomic E-state index is 12.7. The normalized spacial score (nSPS) is 27.8. The highest BCUT2D eigenvalue weighted by atomic mass is 32.2. The van der Waals surface area contributed by atoms with E-state index < -0.39 is 15.6 Å². The van der Waals surface area contributed by atoms with Crippen molar-refractivity contribution < 1.29 is 22.7 Å². The predicted molar refractivity (Wildman–Crippen MR) is 79.6 cm³/mol. The zero-order valence-corrected chi connectivity index (χ0v) is 14.1. The molecule has 0 spiro atoms. The van der Waals surface area contributed by atoms with Crippen LogP contribution >= 0.6 is 0 Å². The van der Waals surface area contributed by atoms with Crippen LogP contribution in [0.1, 0.15) is 13.8 Å². The van der Waals surface area contributed by atoms with Crippen LogP contribution in [0, 0.1) is 0 Å². The first-order chi connectivity index (χ1) is 10.1. The topological polar surface area (TPSA) is 87.2 Å². The number of rotatable bonds is 2. The summed E-state index contributed by atoms with van der Waals surface area (Å²) in [5.74, 6) is -0.268. The van der Waals surface area contributed by atoms with E-state index in [0.29, 0.717) is 26.2 Å². The van der Waals surface area contributed by atoms with Crippen molar-refractivity contribution in [3.63, 3.8) is 0 Å². The molecule has 2 aliphatic rings. The number of nitrogens with zero attached hydrogens (tertiary/aromatic N) is 3. The van der Waals surface area contributed by atoms with Crippen molar-refractivity contribution in [2.45, 2.75) is 19.4 Å². The Morgan fingerprint density at radius 1 is 1.05 bits per heavy atom. The second-order valence-corrected chi connectivity index (χ2v) is 7.96. The summed E-state index contributed by atoms with van der Waals surface area (Å²) in [6, 6.07) is 0. The van der Waals surface area contributed by atoms with Crippen molar-refractivity contribution in [2.24, 2.45) is 0 Å². The van der Waals surface area contributed by atoms with Crippen LogP contribution in [-0.2, 0) is 24.3 Å². The van der Waals surface area contributed by atoms with Gasteiger partial charge in [-0.3, -0.25) is 9.59 Å². The van der Waals surface area contributed by atoms with Crippen LogP contribution in [-0.4, -0.2) is 92.1 Å². The van der Waals surface area contributed by atoms with Gasteiger partial charge in [0.2, 0.25) is 15.9 Å². The highest BCUT2D eigenvalue weighted by molar-refractivity contribution is 7.88. The molecule has 0 bridgehead atoms. The quantitative estimate of drug-likeness (QED) is 0.629. The van der Waals surface area contributed by atoms with Crippen LogP contribution in [0.15, 0.2) is 0 Å². The molecule has 22 heavy (non-hydrogen) atoms. The SMILES string of the molecule is CC(=O)N1CCO[C@](C)(C(=O)N2CCN(S(C)(=O)=O)CC2)C1. The lowest BCUT2D eigenvalue weighted by atomic mass is 10.0. The van der Waals surface area contributed by atoms with E-state index in [2.05, 4.69) is 0 Å². The minimum absolute atomic E-state index is 0.0794. The van der Waals surface area contributed by atoms with E-state index in [4.69, 9.17) is 4.74 Å². The van der Waals surface area contributed by atoms with Gasteiger partial charge in [0.25, 0.3) is 5.91 Å². The van der Waals surface area contributed by atoms with E-state index in [1.54, 1.807) is 16.7 Å². The Morgan fingerprint density at radius 3 is 2.14 bits per heavy atom. The van der Waals surface area contributed by atoms with Crippen molar-refractivity contribution in [2.75, 3.05) is 52.1 Å². The lowest BCUT2D eigenvalue weighted by Crippen LogP contribution is -2.62. The summed E-state index contributed by atoms with van der Waals surface area (Å²) in [7, 11) is -3.22. The second kappa shape index (κ2) is 6.13. The van der Waals surface area contributed by atoms with Crippen LogP contribution in [0.3, 0.4) is 0 Å². The van der Waals surface area contributed by atoms with E-state index >= 15 is 0 Å². The maximum Gasteiger partial charge on any atom is 0.256 e. The van der Waals surface area contributed by atoms with E-state index in [-0.39, 0.29) is 31.4 Å². The highest BCUT2D eigenvalue weighted by Gasteiger charge is 2.43. The Labute approximate surface area is 131 Å². The van der Waals surface area contributed by atoms with Gasteiger partial charge in [0, 0.05) is 39.6 Å². The molecule has 2 aliphatic heterocycles. The van der Waals surface area contributed by atoms with Gasteiger partial charge < -0.3 is 14.5 Å². The number of ether oxygens (including phenoxy) is 1. The molecule has 2 saturated heterocycles. The first kappa shape index (κ1) is 17.2. The molecular weight excluding hydrogens is 310 g/mol. The molecule has 2 amide bonds. The molecule has 0 N–H and O–H groups in total. The molecule has 0 radical (unpaired) electrons. The van der Waals surface area contributed by atoms with E-state index in [0.717, 1.165) is 0 Å². The standard InChI is InChI=1S/C13H23N3O5S/c1-11(17)15-8-9-21-13(2,10-15)12(18)14-4-6-16(7-5-14)22(3,19)20/h4-10H2,1-3H3/t13-/m0/s1. The number of piperazine rings is 1. The molecule has 0 saturated carbocycles. The smallest absolute Gasteiger partial charge is 0.256 e. The summed E-state index contributed by atoms with van der Waals surface area (Å²) in [6.45, 7) is 5.46. The number of carbonyl (C=O) groups is 2. The first-order valence-corrected chi connectivity index (χ1v) is 9.12. The Kier molecular flexibility index (Phi) is 4.78. The molecule has 0 unspecified atom stereocenters. The van der Waals surface area contributed by atoms with Gasteiger partial charge in [-0.2, -0.15) is 4.31 Å². The monoisotopic (exact) mass is 333 g/mol. The second-order valence-electron chi connectivity index (χ2n) is 5.97. The molecule has 0 aromatic heterocycles. The van der Waals surface area contributed by atoms with Crippen molar-refractivity contribution in [3.05, 3.63) is 0 Å². The molecule has 0 aromatic rings. The van der Waals surface area contributed by atoms with Gasteiger partial charge in [-0.1, -0.05) is 0 Å². The Balaban J connectivity index is 2.01. The summed E-state index contributed by atoms with van der Waals surface area (Å²) < 4.78 is 30.0. The van der Waals surface area contributed by atoms with E-state index in [1.165, 1.54) is 17.5 Å². The van der Waals surface area contributed by atoms with Crippen LogP contribution in [0.2, 0.25) is 0 Å². The summed E-state index contributed by atoms with van der Waals surface area (Å²) in [5, 5.41) is 0. The predicted octanol–water partition coefficient (Wildman–Crippen LogP) is -1.27. The molecule has 2 heterocycles. The van der Waals surface area contributed by atoms with Gasteiger partial charge in [0.05, 0.1) is 19.4 Å². The number of amides is 2. The Hall–Kier alpha value is -1.19. The van der Waals surface area contributed by atoms with Gasteiger partial charge in [0.15, 0.2) is 5.60 Å². The van der Waals surface area contributed by atoms with Crippen molar-refractivity contribution in [3.8, 4) is 0 Å². The third-order valence-corrected chi connectivity index (χ3v) is 5.47. The van der Waals surface area contributed by atoms with Crippen LogP contribution in [0.4, 0.5) is 0 Å². The average molecular weight is 333 g/mol. The molecule has 8 nitrogen and oxygen atoms in total. The van der Waals surface area contributed by atoms with E-state index in [9.17, 15) is 18.0 Å². The molecule has 9 heteroatoms. The highest BCUT2D eigenvalue weighted by Crippen LogP contribution is 2.22. The molecule has 1 atom stereocenters. The van der Waals surface area contributed by atoms with Gasteiger partial charge in [-0.05, 0) is 6.92 Å². The van der Waals surface area contributed by atoms with Crippen LogP contribution in [0.25, 0.3) is 0 Å². The largest absolute Gasteiger partial charge is 0.362 e.